The maximum absolute atomic E-state index is 12.5. The third-order valence-electron chi connectivity index (χ3n) is 3.05. The molecule has 0 saturated heterocycles. The Hall–Kier alpha value is -1.03. The molecule has 0 spiro atoms. The molecular formula is C15H23BrN2O. The van der Waals surface area contributed by atoms with E-state index in [9.17, 15) is 4.79 Å². The van der Waals surface area contributed by atoms with Crippen LogP contribution in [0.1, 0.15) is 30.6 Å². The molecule has 1 aromatic carbocycles. The van der Waals surface area contributed by atoms with Crippen LogP contribution in [-0.2, 0) is 0 Å². The molecule has 0 unspecified atom stereocenters. The van der Waals surface area contributed by atoms with Crippen LogP contribution < -0.4 is 4.90 Å². The second-order valence-corrected chi connectivity index (χ2v) is 5.87. The van der Waals surface area contributed by atoms with Crippen molar-refractivity contribution in [3.8, 4) is 0 Å². The van der Waals surface area contributed by atoms with Gasteiger partial charge >= 0.3 is 0 Å². The van der Waals surface area contributed by atoms with Gasteiger partial charge in [-0.15, -0.1) is 0 Å². The number of nitrogens with zero attached hydrogens (tertiary/aromatic N) is 2. The minimum Gasteiger partial charge on any atom is -0.378 e. The number of alkyl halides is 1. The van der Waals surface area contributed by atoms with Gasteiger partial charge in [-0.1, -0.05) is 15.9 Å². The number of carbonyl (C=O) groups excluding carboxylic acids is 1. The van der Waals surface area contributed by atoms with Gasteiger partial charge in [0.05, 0.1) is 0 Å². The van der Waals surface area contributed by atoms with Crippen LogP contribution in [0.2, 0.25) is 0 Å². The third kappa shape index (κ3) is 4.53. The van der Waals surface area contributed by atoms with Gasteiger partial charge in [-0.3, -0.25) is 4.79 Å². The van der Waals surface area contributed by atoms with Gasteiger partial charge < -0.3 is 9.80 Å². The lowest BCUT2D eigenvalue weighted by Crippen LogP contribution is -2.37. The molecule has 0 fully saturated rings. The normalized spacial score (nSPS) is 10.6. The fourth-order valence-electron chi connectivity index (χ4n) is 1.89. The van der Waals surface area contributed by atoms with Crippen molar-refractivity contribution in [2.45, 2.75) is 26.3 Å². The highest BCUT2D eigenvalue weighted by Gasteiger charge is 2.18. The predicted molar refractivity (Wildman–Crippen MR) is 85.4 cm³/mol. The van der Waals surface area contributed by atoms with Gasteiger partial charge in [0.2, 0.25) is 0 Å². The van der Waals surface area contributed by atoms with Gasteiger partial charge in [0, 0.05) is 43.3 Å². The van der Waals surface area contributed by atoms with Crippen LogP contribution in [0.15, 0.2) is 24.3 Å². The summed E-state index contributed by atoms with van der Waals surface area (Å²) in [6.07, 6.45) is 0.972. The summed E-state index contributed by atoms with van der Waals surface area (Å²) in [5.74, 6) is 0.112. The van der Waals surface area contributed by atoms with Crippen LogP contribution in [-0.4, -0.2) is 42.8 Å². The van der Waals surface area contributed by atoms with E-state index in [0.29, 0.717) is 0 Å². The minimum absolute atomic E-state index is 0.112. The summed E-state index contributed by atoms with van der Waals surface area (Å²) in [6, 6.07) is 7.99. The van der Waals surface area contributed by atoms with Crippen LogP contribution in [0.5, 0.6) is 0 Å². The number of hydrogen-bond acceptors (Lipinski definition) is 2. The lowest BCUT2D eigenvalue weighted by molar-refractivity contribution is 0.0707. The highest BCUT2D eigenvalue weighted by Crippen LogP contribution is 2.15. The standard InChI is InChI=1S/C15H23BrN2O/c1-12(2)18(11-5-10-16)15(19)13-6-8-14(9-7-13)17(3)4/h6-9,12H,5,10-11H2,1-4H3. The summed E-state index contributed by atoms with van der Waals surface area (Å²) in [6.45, 7) is 4.90. The predicted octanol–water partition coefficient (Wildman–Crippen LogP) is 3.39. The molecule has 0 heterocycles. The Morgan fingerprint density at radius 2 is 1.79 bits per heavy atom. The first-order valence-corrected chi connectivity index (χ1v) is 7.73. The minimum atomic E-state index is 0.112. The number of halogens is 1. The molecule has 1 rings (SSSR count). The molecule has 0 aliphatic carbocycles. The lowest BCUT2D eigenvalue weighted by atomic mass is 10.1. The highest BCUT2D eigenvalue weighted by atomic mass is 79.9. The molecule has 0 aliphatic heterocycles. The molecule has 0 radical (unpaired) electrons. The average Bonchev–Trinajstić information content (AvgIpc) is 2.38. The van der Waals surface area contributed by atoms with Crippen molar-refractivity contribution >= 4 is 27.5 Å². The highest BCUT2D eigenvalue weighted by molar-refractivity contribution is 9.09. The molecule has 19 heavy (non-hydrogen) atoms. The van der Waals surface area contributed by atoms with E-state index >= 15 is 0 Å². The number of rotatable bonds is 6. The van der Waals surface area contributed by atoms with Crippen molar-refractivity contribution in [3.63, 3.8) is 0 Å². The Bertz CT molecular complexity index is 401. The number of amides is 1. The summed E-state index contributed by atoms with van der Waals surface area (Å²) in [5, 5.41) is 0.920. The van der Waals surface area contributed by atoms with Crippen molar-refractivity contribution in [1.29, 1.82) is 0 Å². The Kier molecular flexibility index (Phi) is 6.35. The lowest BCUT2D eigenvalue weighted by Gasteiger charge is -2.27. The van der Waals surface area contributed by atoms with Crippen molar-refractivity contribution in [2.75, 3.05) is 30.9 Å². The van der Waals surface area contributed by atoms with Crippen LogP contribution in [0, 0.1) is 0 Å². The van der Waals surface area contributed by atoms with E-state index in [0.717, 1.165) is 29.5 Å². The van der Waals surface area contributed by atoms with E-state index in [1.165, 1.54) is 0 Å². The molecule has 0 aromatic heterocycles. The number of anilines is 1. The maximum Gasteiger partial charge on any atom is 0.254 e. The van der Waals surface area contributed by atoms with Gasteiger partial charge in [0.25, 0.3) is 5.91 Å². The quantitative estimate of drug-likeness (QED) is 0.748. The van der Waals surface area contributed by atoms with E-state index in [1.54, 1.807) is 0 Å². The van der Waals surface area contributed by atoms with Crippen LogP contribution in [0.25, 0.3) is 0 Å². The van der Waals surface area contributed by atoms with Gasteiger partial charge in [0.1, 0.15) is 0 Å². The van der Waals surface area contributed by atoms with E-state index in [2.05, 4.69) is 29.8 Å². The Labute approximate surface area is 124 Å². The first-order valence-electron chi connectivity index (χ1n) is 6.61. The third-order valence-corrected chi connectivity index (χ3v) is 3.61. The van der Waals surface area contributed by atoms with Crippen molar-refractivity contribution in [2.24, 2.45) is 0 Å². The second-order valence-electron chi connectivity index (χ2n) is 5.08. The Morgan fingerprint density at radius 1 is 1.21 bits per heavy atom. The fraction of sp³-hybridized carbons (Fsp3) is 0.533. The fourth-order valence-corrected chi connectivity index (χ4v) is 2.14. The van der Waals surface area contributed by atoms with Gasteiger partial charge in [-0.25, -0.2) is 0 Å². The second kappa shape index (κ2) is 7.53. The zero-order valence-corrected chi connectivity index (χ0v) is 13.8. The van der Waals surface area contributed by atoms with E-state index in [1.807, 2.05) is 48.2 Å². The van der Waals surface area contributed by atoms with Crippen LogP contribution >= 0.6 is 15.9 Å². The van der Waals surface area contributed by atoms with Crippen LogP contribution in [0.3, 0.4) is 0 Å². The molecule has 0 aliphatic rings. The molecule has 4 heteroatoms. The molecule has 0 atom stereocenters. The smallest absolute Gasteiger partial charge is 0.254 e. The molecule has 0 bridgehead atoms. The van der Waals surface area contributed by atoms with E-state index in [-0.39, 0.29) is 11.9 Å². The van der Waals surface area contributed by atoms with Crippen molar-refractivity contribution < 1.29 is 4.79 Å². The summed E-state index contributed by atoms with van der Waals surface area (Å²) in [7, 11) is 3.99. The van der Waals surface area contributed by atoms with Crippen molar-refractivity contribution in [1.82, 2.24) is 4.90 Å². The zero-order valence-electron chi connectivity index (χ0n) is 12.2. The molecule has 1 aromatic rings. The first kappa shape index (κ1) is 16.0. The van der Waals surface area contributed by atoms with Gasteiger partial charge in [-0.2, -0.15) is 0 Å². The summed E-state index contributed by atoms with van der Waals surface area (Å²) >= 11 is 3.41. The molecule has 106 valence electrons. The maximum atomic E-state index is 12.5. The SMILES string of the molecule is CC(C)N(CCCBr)C(=O)c1ccc(N(C)C)cc1. The first-order chi connectivity index (χ1) is 8.97. The van der Waals surface area contributed by atoms with Gasteiger partial charge in [-0.05, 0) is 44.5 Å². The molecule has 0 saturated carbocycles. The van der Waals surface area contributed by atoms with E-state index < -0.39 is 0 Å². The summed E-state index contributed by atoms with van der Waals surface area (Å²) in [4.78, 5) is 16.4. The van der Waals surface area contributed by atoms with E-state index in [4.69, 9.17) is 0 Å². The number of benzene rings is 1. The Balaban J connectivity index is 2.84. The topological polar surface area (TPSA) is 23.6 Å². The van der Waals surface area contributed by atoms with Gasteiger partial charge in [0.15, 0.2) is 0 Å². The zero-order chi connectivity index (χ0) is 14.4. The number of hydrogen-bond donors (Lipinski definition) is 0. The largest absolute Gasteiger partial charge is 0.378 e. The summed E-state index contributed by atoms with van der Waals surface area (Å²) in [5.41, 5.74) is 1.86. The monoisotopic (exact) mass is 326 g/mol. The molecule has 1 amide bonds. The molecule has 0 N–H and O–H groups in total. The average molecular weight is 327 g/mol. The van der Waals surface area contributed by atoms with Crippen molar-refractivity contribution in [3.05, 3.63) is 29.8 Å². The van der Waals surface area contributed by atoms with Crippen LogP contribution in [0.4, 0.5) is 5.69 Å². The molecular weight excluding hydrogens is 304 g/mol. The summed E-state index contributed by atoms with van der Waals surface area (Å²) < 4.78 is 0. The number of carbonyl (C=O) groups is 1. The Morgan fingerprint density at radius 3 is 2.21 bits per heavy atom. The molecule has 3 nitrogen and oxygen atoms in total.